The van der Waals surface area contributed by atoms with E-state index < -0.39 is 18.1 Å². The SMILES string of the molecule is CN1C(=O)CO[C@@H](C(=O)NCc2ccccc2F)[C@@H]1c1ccc(Cl)cc1. The summed E-state index contributed by atoms with van der Waals surface area (Å²) in [5.74, 6) is -1.02. The number of nitrogens with zero attached hydrogens (tertiary/aromatic N) is 1. The van der Waals surface area contributed by atoms with Crippen LogP contribution in [0.15, 0.2) is 48.5 Å². The molecule has 0 unspecified atom stereocenters. The first-order valence-electron chi connectivity index (χ1n) is 8.11. The van der Waals surface area contributed by atoms with Crippen LogP contribution in [0.4, 0.5) is 4.39 Å². The van der Waals surface area contributed by atoms with Crippen LogP contribution in [0.5, 0.6) is 0 Å². The second kappa shape index (κ2) is 7.85. The zero-order chi connectivity index (χ0) is 18.7. The molecule has 136 valence electrons. The number of amides is 2. The molecule has 2 amide bonds. The van der Waals surface area contributed by atoms with Crippen LogP contribution < -0.4 is 5.32 Å². The van der Waals surface area contributed by atoms with Crippen LogP contribution >= 0.6 is 11.6 Å². The minimum absolute atomic E-state index is 0.0381. The maximum absolute atomic E-state index is 13.7. The highest BCUT2D eigenvalue weighted by molar-refractivity contribution is 6.30. The molecule has 2 aromatic rings. The van der Waals surface area contributed by atoms with E-state index in [0.29, 0.717) is 10.6 Å². The van der Waals surface area contributed by atoms with Crippen molar-refractivity contribution in [3.05, 3.63) is 70.5 Å². The van der Waals surface area contributed by atoms with Crippen molar-refractivity contribution < 1.29 is 18.7 Å². The average molecular weight is 377 g/mol. The molecule has 0 radical (unpaired) electrons. The fraction of sp³-hybridized carbons (Fsp3) is 0.263. The summed E-state index contributed by atoms with van der Waals surface area (Å²) in [6, 6.07) is 12.5. The zero-order valence-corrected chi connectivity index (χ0v) is 14.9. The molecule has 5 nitrogen and oxygen atoms in total. The van der Waals surface area contributed by atoms with Crippen LogP contribution in [0.3, 0.4) is 0 Å². The first kappa shape index (κ1) is 18.4. The summed E-state index contributed by atoms with van der Waals surface area (Å²) in [5, 5.41) is 3.24. The van der Waals surface area contributed by atoms with Crippen LogP contribution in [0.2, 0.25) is 5.02 Å². The Morgan fingerprint density at radius 2 is 1.96 bits per heavy atom. The topological polar surface area (TPSA) is 58.6 Å². The molecule has 0 saturated carbocycles. The molecule has 1 N–H and O–H groups in total. The normalized spacial score (nSPS) is 20.1. The van der Waals surface area contributed by atoms with E-state index in [2.05, 4.69) is 5.32 Å². The molecule has 7 heteroatoms. The molecule has 0 spiro atoms. The number of carbonyl (C=O) groups excluding carboxylic acids is 2. The Morgan fingerprint density at radius 1 is 1.27 bits per heavy atom. The number of carbonyl (C=O) groups is 2. The number of morpholine rings is 1. The predicted octanol–water partition coefficient (Wildman–Crippen LogP) is 2.69. The first-order chi connectivity index (χ1) is 12.5. The van der Waals surface area contributed by atoms with Gasteiger partial charge in [0.05, 0.1) is 6.04 Å². The van der Waals surface area contributed by atoms with Crippen LogP contribution in [0.1, 0.15) is 17.2 Å². The lowest BCUT2D eigenvalue weighted by atomic mass is 9.97. The van der Waals surface area contributed by atoms with Crippen LogP contribution in [0, 0.1) is 5.82 Å². The molecule has 26 heavy (non-hydrogen) atoms. The van der Waals surface area contributed by atoms with Crippen molar-refractivity contribution in [2.75, 3.05) is 13.7 Å². The van der Waals surface area contributed by atoms with Gasteiger partial charge in [0.1, 0.15) is 12.4 Å². The summed E-state index contributed by atoms with van der Waals surface area (Å²) in [6.07, 6.45) is -0.898. The summed E-state index contributed by atoms with van der Waals surface area (Å²) >= 11 is 5.92. The molecule has 1 heterocycles. The van der Waals surface area contributed by atoms with Gasteiger partial charge in [-0.15, -0.1) is 0 Å². The van der Waals surface area contributed by atoms with Crippen molar-refractivity contribution in [3.8, 4) is 0 Å². The maximum atomic E-state index is 13.7. The van der Waals surface area contributed by atoms with Crippen molar-refractivity contribution >= 4 is 23.4 Å². The van der Waals surface area contributed by atoms with Gasteiger partial charge in [0.25, 0.3) is 5.91 Å². The van der Waals surface area contributed by atoms with E-state index >= 15 is 0 Å². The monoisotopic (exact) mass is 376 g/mol. The van der Waals surface area contributed by atoms with Gasteiger partial charge in [-0.3, -0.25) is 9.59 Å². The third kappa shape index (κ3) is 3.86. The van der Waals surface area contributed by atoms with E-state index in [-0.39, 0.29) is 24.9 Å². The van der Waals surface area contributed by atoms with Crippen molar-refractivity contribution in [3.63, 3.8) is 0 Å². The second-order valence-corrected chi connectivity index (χ2v) is 6.48. The van der Waals surface area contributed by atoms with Crippen molar-refractivity contribution in [2.24, 2.45) is 0 Å². The summed E-state index contributed by atoms with van der Waals surface area (Å²) in [5.41, 5.74) is 1.11. The Labute approximate surface area is 155 Å². The van der Waals surface area contributed by atoms with Crippen molar-refractivity contribution in [2.45, 2.75) is 18.7 Å². The molecule has 2 atom stereocenters. The van der Waals surface area contributed by atoms with Gasteiger partial charge in [-0.25, -0.2) is 4.39 Å². The van der Waals surface area contributed by atoms with Gasteiger partial charge >= 0.3 is 0 Å². The highest BCUT2D eigenvalue weighted by Crippen LogP contribution is 2.30. The van der Waals surface area contributed by atoms with Gasteiger partial charge in [0.15, 0.2) is 6.10 Å². The quantitative estimate of drug-likeness (QED) is 0.892. The fourth-order valence-electron chi connectivity index (χ4n) is 2.91. The van der Waals surface area contributed by atoms with Gasteiger partial charge in [-0.2, -0.15) is 0 Å². The Morgan fingerprint density at radius 3 is 2.65 bits per heavy atom. The summed E-state index contributed by atoms with van der Waals surface area (Å²) < 4.78 is 19.2. The molecule has 1 fully saturated rings. The Bertz CT molecular complexity index is 813. The summed E-state index contributed by atoms with van der Waals surface area (Å²) in [7, 11) is 1.63. The van der Waals surface area contributed by atoms with Crippen molar-refractivity contribution in [1.82, 2.24) is 10.2 Å². The molecule has 2 aromatic carbocycles. The molecule has 0 aliphatic carbocycles. The van der Waals surface area contributed by atoms with E-state index in [4.69, 9.17) is 16.3 Å². The minimum atomic E-state index is -0.898. The molecular weight excluding hydrogens is 359 g/mol. The molecule has 0 aromatic heterocycles. The number of benzene rings is 2. The third-order valence-electron chi connectivity index (χ3n) is 4.36. The Hall–Kier alpha value is -2.44. The minimum Gasteiger partial charge on any atom is -0.356 e. The Balaban J connectivity index is 1.79. The molecule has 1 aliphatic rings. The Kier molecular flexibility index (Phi) is 5.54. The molecule has 3 rings (SSSR count). The molecule has 1 saturated heterocycles. The van der Waals surface area contributed by atoms with E-state index in [1.54, 1.807) is 49.5 Å². The lowest BCUT2D eigenvalue weighted by Gasteiger charge is -2.38. The predicted molar refractivity (Wildman–Crippen MR) is 94.9 cm³/mol. The van der Waals surface area contributed by atoms with Crippen LogP contribution in [-0.2, 0) is 20.9 Å². The zero-order valence-electron chi connectivity index (χ0n) is 14.1. The number of ether oxygens (including phenoxy) is 1. The number of nitrogens with one attached hydrogen (secondary N) is 1. The van der Waals surface area contributed by atoms with E-state index in [1.165, 1.54) is 11.0 Å². The fourth-order valence-corrected chi connectivity index (χ4v) is 3.04. The number of halogens is 2. The highest BCUT2D eigenvalue weighted by atomic mass is 35.5. The highest BCUT2D eigenvalue weighted by Gasteiger charge is 2.39. The lowest BCUT2D eigenvalue weighted by molar-refractivity contribution is -0.162. The summed E-state index contributed by atoms with van der Waals surface area (Å²) in [6.45, 7) is -0.144. The number of rotatable bonds is 4. The summed E-state index contributed by atoms with van der Waals surface area (Å²) in [4.78, 5) is 26.2. The maximum Gasteiger partial charge on any atom is 0.251 e. The second-order valence-electron chi connectivity index (χ2n) is 6.04. The van der Waals surface area contributed by atoms with E-state index in [9.17, 15) is 14.0 Å². The van der Waals surface area contributed by atoms with Gasteiger partial charge < -0.3 is 15.0 Å². The van der Waals surface area contributed by atoms with Gasteiger partial charge in [0, 0.05) is 24.2 Å². The third-order valence-corrected chi connectivity index (χ3v) is 4.62. The van der Waals surface area contributed by atoms with Gasteiger partial charge in [-0.1, -0.05) is 41.9 Å². The molecule has 0 bridgehead atoms. The van der Waals surface area contributed by atoms with E-state index in [0.717, 1.165) is 5.56 Å². The van der Waals surface area contributed by atoms with Crippen LogP contribution in [0.25, 0.3) is 0 Å². The first-order valence-corrected chi connectivity index (χ1v) is 8.49. The largest absolute Gasteiger partial charge is 0.356 e. The molecular formula is C19H18ClFN2O3. The molecule has 1 aliphatic heterocycles. The van der Waals surface area contributed by atoms with E-state index in [1.807, 2.05) is 0 Å². The average Bonchev–Trinajstić information content (AvgIpc) is 2.64. The van der Waals surface area contributed by atoms with Crippen LogP contribution in [-0.4, -0.2) is 36.5 Å². The van der Waals surface area contributed by atoms with Gasteiger partial charge in [-0.05, 0) is 23.8 Å². The van der Waals surface area contributed by atoms with Crippen molar-refractivity contribution in [1.29, 1.82) is 0 Å². The lowest BCUT2D eigenvalue weighted by Crippen LogP contribution is -2.52. The standard InChI is InChI=1S/C19H18ClFN2O3/c1-23-16(24)11-26-18(17(23)12-6-8-14(20)9-7-12)19(25)22-10-13-4-2-3-5-15(13)21/h2-9,17-18H,10-11H2,1H3,(H,22,25)/t17-,18+/m0/s1. The van der Waals surface area contributed by atoms with Gasteiger partial charge in [0.2, 0.25) is 5.91 Å². The number of hydrogen-bond donors (Lipinski definition) is 1. The number of likely N-dealkylation sites (N-methyl/N-ethyl adjacent to an activating group) is 1. The smallest absolute Gasteiger partial charge is 0.251 e. The number of hydrogen-bond acceptors (Lipinski definition) is 3.